The third kappa shape index (κ3) is 4.00. The Balaban J connectivity index is 1.46. The summed E-state index contributed by atoms with van der Waals surface area (Å²) in [5.41, 5.74) is 4.20. The van der Waals surface area contributed by atoms with Gasteiger partial charge in [0.1, 0.15) is 5.82 Å². The number of nitrogens with one attached hydrogen (secondary N) is 3. The molecule has 2 aromatic rings. The summed E-state index contributed by atoms with van der Waals surface area (Å²) in [6.07, 6.45) is 6.16. The van der Waals surface area contributed by atoms with Gasteiger partial charge in [0.05, 0.1) is 22.5 Å². The van der Waals surface area contributed by atoms with Crippen LogP contribution in [0, 0.1) is 12.7 Å². The summed E-state index contributed by atoms with van der Waals surface area (Å²) in [7, 11) is 0. The number of nitrogens with zero attached hydrogens (tertiary/aromatic N) is 2. The maximum Gasteiger partial charge on any atom is 0.256 e. The van der Waals surface area contributed by atoms with Crippen LogP contribution in [0.4, 0.5) is 15.8 Å². The predicted octanol–water partition coefficient (Wildman–Crippen LogP) is 3.01. The minimum Gasteiger partial charge on any atom is -0.358 e. The number of aromatic amines is 1. The molecule has 34 heavy (non-hydrogen) atoms. The highest BCUT2D eigenvalue weighted by Gasteiger charge is 2.31. The smallest absolute Gasteiger partial charge is 0.256 e. The topological polar surface area (TPSA) is 97.5 Å². The fourth-order valence-corrected chi connectivity index (χ4v) is 5.21. The zero-order valence-corrected chi connectivity index (χ0v) is 19.2. The minimum atomic E-state index is -0.562. The Labute approximate surface area is 197 Å². The average Bonchev–Trinajstić information content (AvgIpc) is 3.48. The highest BCUT2D eigenvalue weighted by atomic mass is 19.1. The largest absolute Gasteiger partial charge is 0.358 e. The molecule has 0 radical (unpaired) electrons. The molecule has 4 heterocycles. The lowest BCUT2D eigenvalue weighted by Crippen LogP contribution is -2.38. The van der Waals surface area contributed by atoms with Crippen LogP contribution in [0.5, 0.6) is 0 Å². The molecular formula is C25H28FN5O3. The number of benzene rings is 1. The number of anilines is 2. The molecule has 1 aromatic carbocycles. The maximum atomic E-state index is 14.2. The second kappa shape index (κ2) is 9.06. The molecule has 0 spiro atoms. The molecule has 9 heteroatoms. The van der Waals surface area contributed by atoms with Gasteiger partial charge in [0.15, 0.2) is 0 Å². The highest BCUT2D eigenvalue weighted by molar-refractivity contribution is 6.36. The Morgan fingerprint density at radius 2 is 1.91 bits per heavy atom. The Hall–Kier alpha value is -3.46. The molecule has 3 aliphatic heterocycles. The summed E-state index contributed by atoms with van der Waals surface area (Å²) in [6.45, 7) is 6.40. The number of halogens is 1. The number of amides is 3. The Bertz CT molecular complexity index is 1200. The van der Waals surface area contributed by atoms with E-state index in [9.17, 15) is 18.8 Å². The van der Waals surface area contributed by atoms with Crippen LogP contribution in [0.15, 0.2) is 12.1 Å². The molecule has 0 atom stereocenters. The number of aromatic nitrogens is 1. The van der Waals surface area contributed by atoms with Gasteiger partial charge in [-0.15, -0.1) is 0 Å². The number of aryl methyl sites for hydroxylation is 1. The van der Waals surface area contributed by atoms with E-state index in [1.807, 2.05) is 11.8 Å². The van der Waals surface area contributed by atoms with Crippen LogP contribution in [-0.4, -0.2) is 65.7 Å². The number of hydrogen-bond donors (Lipinski definition) is 3. The first-order valence-electron chi connectivity index (χ1n) is 11.8. The summed E-state index contributed by atoms with van der Waals surface area (Å²) in [4.78, 5) is 44.7. The van der Waals surface area contributed by atoms with Crippen LogP contribution < -0.4 is 10.6 Å². The molecule has 1 saturated heterocycles. The Morgan fingerprint density at radius 3 is 2.68 bits per heavy atom. The zero-order chi connectivity index (χ0) is 23.8. The lowest BCUT2D eigenvalue weighted by molar-refractivity contribution is -0.110. The maximum absolute atomic E-state index is 14.2. The van der Waals surface area contributed by atoms with Crippen LogP contribution in [0.2, 0.25) is 0 Å². The number of fused-ring (bicyclic) bond motifs is 2. The van der Waals surface area contributed by atoms with Crippen molar-refractivity contribution in [2.45, 2.75) is 32.6 Å². The van der Waals surface area contributed by atoms with Crippen molar-refractivity contribution < 1.29 is 18.8 Å². The van der Waals surface area contributed by atoms with Crippen molar-refractivity contribution in [3.05, 3.63) is 46.0 Å². The van der Waals surface area contributed by atoms with E-state index in [2.05, 4.69) is 20.5 Å². The fourth-order valence-electron chi connectivity index (χ4n) is 5.21. The molecule has 0 aliphatic carbocycles. The molecule has 1 fully saturated rings. The van der Waals surface area contributed by atoms with Gasteiger partial charge in [0.25, 0.3) is 11.8 Å². The van der Waals surface area contributed by atoms with Crippen molar-refractivity contribution >= 4 is 41.2 Å². The van der Waals surface area contributed by atoms with Gasteiger partial charge in [0, 0.05) is 36.6 Å². The summed E-state index contributed by atoms with van der Waals surface area (Å²) in [5.74, 6) is -0.935. The number of carbonyl (C=O) groups excluding carboxylic acids is 3. The van der Waals surface area contributed by atoms with Crippen LogP contribution in [0.1, 0.15) is 52.1 Å². The molecule has 0 bridgehead atoms. The fraction of sp³-hybridized carbons (Fsp3) is 0.400. The van der Waals surface area contributed by atoms with Gasteiger partial charge < -0.3 is 25.4 Å². The number of likely N-dealkylation sites (tertiary alicyclic amines) is 1. The van der Waals surface area contributed by atoms with E-state index in [-0.39, 0.29) is 17.2 Å². The number of rotatable bonds is 6. The summed E-state index contributed by atoms with van der Waals surface area (Å²) < 4.78 is 14.2. The molecule has 8 nitrogen and oxygen atoms in total. The second-order valence-corrected chi connectivity index (χ2v) is 9.11. The summed E-state index contributed by atoms with van der Waals surface area (Å²) in [6, 6.07) is 2.43. The van der Waals surface area contributed by atoms with Crippen molar-refractivity contribution in [1.29, 1.82) is 0 Å². The van der Waals surface area contributed by atoms with Crippen LogP contribution in [0.25, 0.3) is 11.6 Å². The molecule has 0 saturated carbocycles. The van der Waals surface area contributed by atoms with E-state index in [0.717, 1.165) is 56.3 Å². The van der Waals surface area contributed by atoms with Crippen molar-refractivity contribution in [1.82, 2.24) is 14.8 Å². The first-order chi connectivity index (χ1) is 16.5. The normalized spacial score (nSPS) is 19.2. The molecule has 5 rings (SSSR count). The lowest BCUT2D eigenvalue weighted by Gasteiger charge is -2.24. The SMILES string of the molecule is Cc1c(C=C2C(=O)Nc3c(NC=O)cc(F)cc32)[nH]c2c1C(=O)N(CCN1CCCC1)CCC2. The predicted molar refractivity (Wildman–Crippen MR) is 128 cm³/mol. The molecular weight excluding hydrogens is 437 g/mol. The van der Waals surface area contributed by atoms with E-state index < -0.39 is 11.7 Å². The van der Waals surface area contributed by atoms with Crippen molar-refractivity contribution in [2.24, 2.45) is 0 Å². The van der Waals surface area contributed by atoms with Gasteiger partial charge in [-0.1, -0.05) is 0 Å². The van der Waals surface area contributed by atoms with Crippen LogP contribution in [0.3, 0.4) is 0 Å². The van der Waals surface area contributed by atoms with Crippen molar-refractivity contribution in [3.8, 4) is 0 Å². The third-order valence-corrected chi connectivity index (χ3v) is 6.99. The lowest BCUT2D eigenvalue weighted by atomic mass is 10.0. The van der Waals surface area contributed by atoms with Crippen LogP contribution in [-0.2, 0) is 16.0 Å². The van der Waals surface area contributed by atoms with Crippen LogP contribution >= 0.6 is 0 Å². The summed E-state index contributed by atoms with van der Waals surface area (Å²) >= 11 is 0. The Kier molecular flexibility index (Phi) is 5.95. The number of H-pyrrole nitrogens is 1. The quantitative estimate of drug-likeness (QED) is 0.451. The van der Waals surface area contributed by atoms with Gasteiger partial charge in [-0.05, 0) is 69.5 Å². The highest BCUT2D eigenvalue weighted by Crippen LogP contribution is 2.39. The average molecular weight is 466 g/mol. The molecule has 3 N–H and O–H groups in total. The minimum absolute atomic E-state index is 0.0184. The van der Waals surface area contributed by atoms with Gasteiger partial charge in [-0.3, -0.25) is 14.4 Å². The van der Waals surface area contributed by atoms with Gasteiger partial charge in [-0.25, -0.2) is 4.39 Å². The van der Waals surface area contributed by atoms with Gasteiger partial charge >= 0.3 is 0 Å². The molecule has 178 valence electrons. The van der Waals surface area contributed by atoms with E-state index in [1.165, 1.54) is 18.9 Å². The van der Waals surface area contributed by atoms with Gasteiger partial charge in [0.2, 0.25) is 6.41 Å². The van der Waals surface area contributed by atoms with Crippen molar-refractivity contribution in [2.75, 3.05) is 43.4 Å². The number of hydrogen-bond acceptors (Lipinski definition) is 4. The second-order valence-electron chi connectivity index (χ2n) is 9.11. The first kappa shape index (κ1) is 22.3. The van der Waals surface area contributed by atoms with E-state index in [4.69, 9.17) is 0 Å². The van der Waals surface area contributed by atoms with Crippen molar-refractivity contribution in [3.63, 3.8) is 0 Å². The zero-order valence-electron chi connectivity index (χ0n) is 19.2. The van der Waals surface area contributed by atoms with E-state index in [0.29, 0.717) is 35.5 Å². The van der Waals surface area contributed by atoms with Gasteiger partial charge in [-0.2, -0.15) is 0 Å². The Morgan fingerprint density at radius 1 is 1.12 bits per heavy atom. The number of carbonyl (C=O) groups is 3. The van der Waals surface area contributed by atoms with E-state index in [1.54, 1.807) is 6.08 Å². The third-order valence-electron chi connectivity index (χ3n) is 6.99. The molecule has 3 amide bonds. The molecule has 3 aliphatic rings. The molecule has 0 unspecified atom stereocenters. The standard InChI is InChI=1S/C25H28FN5O3/c1-15-20(13-18-17-11-16(26)12-21(27-14-32)23(17)29-24(18)33)28-19-5-4-8-31(25(34)22(15)19)10-9-30-6-2-3-7-30/h11-14,28H,2-10H2,1H3,(H,27,32)(H,29,33). The monoisotopic (exact) mass is 465 g/mol. The van der Waals surface area contributed by atoms with E-state index >= 15 is 0 Å². The first-order valence-corrected chi connectivity index (χ1v) is 11.8. The summed E-state index contributed by atoms with van der Waals surface area (Å²) in [5, 5.41) is 5.14. The molecule has 1 aromatic heterocycles.